The molecule has 0 radical (unpaired) electrons. The van der Waals surface area contributed by atoms with E-state index in [1.54, 1.807) is 6.07 Å². The van der Waals surface area contributed by atoms with E-state index < -0.39 is 0 Å². The molecule has 0 amide bonds. The van der Waals surface area contributed by atoms with Crippen molar-refractivity contribution in [3.63, 3.8) is 0 Å². The summed E-state index contributed by atoms with van der Waals surface area (Å²) in [6.07, 6.45) is 0. The second-order valence-electron chi connectivity index (χ2n) is 4.08. The summed E-state index contributed by atoms with van der Waals surface area (Å²) in [7, 11) is 0. The zero-order valence-electron chi connectivity index (χ0n) is 9.48. The van der Waals surface area contributed by atoms with Gasteiger partial charge in [-0.2, -0.15) is 0 Å². The van der Waals surface area contributed by atoms with Crippen molar-refractivity contribution >= 4 is 22.5 Å². The van der Waals surface area contributed by atoms with Gasteiger partial charge in [-0.25, -0.2) is 0 Å². The van der Waals surface area contributed by atoms with E-state index in [1.807, 2.05) is 42.5 Å². The van der Waals surface area contributed by atoms with Gasteiger partial charge >= 0.3 is 0 Å². The minimum Gasteiger partial charge on any atom is -0.322 e. The maximum absolute atomic E-state index is 11.3. The molecule has 0 aliphatic rings. The molecule has 0 atom stereocenters. The summed E-state index contributed by atoms with van der Waals surface area (Å²) in [5, 5.41) is 1.52. The highest BCUT2D eigenvalue weighted by atomic mass is 35.5. The Bertz CT molecular complexity index is 762. The molecule has 1 heterocycles. The summed E-state index contributed by atoms with van der Waals surface area (Å²) in [4.78, 5) is 14.0. The number of hydrogen-bond acceptors (Lipinski definition) is 1. The maximum atomic E-state index is 11.3. The van der Waals surface area contributed by atoms with Gasteiger partial charge in [0, 0.05) is 22.5 Å². The minimum atomic E-state index is -0.119. The van der Waals surface area contributed by atoms with E-state index in [2.05, 4.69) is 4.98 Å². The van der Waals surface area contributed by atoms with Crippen LogP contribution in [0, 0.1) is 0 Å². The molecule has 2 aromatic carbocycles. The molecule has 0 saturated heterocycles. The van der Waals surface area contributed by atoms with Gasteiger partial charge in [-0.05, 0) is 17.7 Å². The van der Waals surface area contributed by atoms with Crippen LogP contribution in [-0.4, -0.2) is 4.98 Å². The number of aromatic amines is 1. The third-order valence-corrected chi connectivity index (χ3v) is 3.33. The molecule has 3 rings (SSSR count). The van der Waals surface area contributed by atoms with Crippen molar-refractivity contribution in [1.82, 2.24) is 4.98 Å². The number of rotatable bonds is 1. The average Bonchev–Trinajstić information content (AvgIpc) is 2.40. The lowest BCUT2D eigenvalue weighted by molar-refractivity contribution is 1.31. The highest BCUT2D eigenvalue weighted by Crippen LogP contribution is 2.32. The Hall–Kier alpha value is -2.06. The minimum absolute atomic E-state index is 0.119. The Morgan fingerprint density at radius 3 is 2.44 bits per heavy atom. The summed E-state index contributed by atoms with van der Waals surface area (Å²) in [6, 6.07) is 17.0. The predicted octanol–water partition coefficient (Wildman–Crippen LogP) is 3.85. The van der Waals surface area contributed by atoms with Crippen LogP contribution in [0.25, 0.3) is 22.0 Å². The highest BCUT2D eigenvalue weighted by molar-refractivity contribution is 6.38. The fourth-order valence-electron chi connectivity index (χ4n) is 2.04. The van der Waals surface area contributed by atoms with Crippen molar-refractivity contribution < 1.29 is 0 Å². The van der Waals surface area contributed by atoms with Gasteiger partial charge in [-0.1, -0.05) is 48.0 Å². The average molecular weight is 256 g/mol. The summed E-state index contributed by atoms with van der Waals surface area (Å²) in [5.74, 6) is 0. The number of aromatic nitrogens is 1. The number of H-pyrrole nitrogens is 1. The van der Waals surface area contributed by atoms with Gasteiger partial charge in [0.15, 0.2) is 0 Å². The first-order chi connectivity index (χ1) is 8.75. The summed E-state index contributed by atoms with van der Waals surface area (Å²) in [5.41, 5.74) is 2.67. The van der Waals surface area contributed by atoms with Gasteiger partial charge in [0.05, 0.1) is 5.02 Å². The van der Waals surface area contributed by atoms with Crippen LogP contribution in [0.4, 0.5) is 0 Å². The molecular weight excluding hydrogens is 246 g/mol. The molecule has 3 aromatic rings. The lowest BCUT2D eigenvalue weighted by atomic mass is 10.0. The van der Waals surface area contributed by atoms with Crippen LogP contribution in [0.3, 0.4) is 0 Å². The lowest BCUT2D eigenvalue weighted by Crippen LogP contribution is -2.02. The quantitative estimate of drug-likeness (QED) is 0.704. The van der Waals surface area contributed by atoms with Gasteiger partial charge in [0.25, 0.3) is 0 Å². The zero-order chi connectivity index (χ0) is 12.5. The third kappa shape index (κ3) is 1.81. The molecule has 18 heavy (non-hydrogen) atoms. The van der Waals surface area contributed by atoms with Crippen molar-refractivity contribution in [2.45, 2.75) is 0 Å². The van der Waals surface area contributed by atoms with Crippen molar-refractivity contribution in [3.8, 4) is 11.1 Å². The number of pyridine rings is 1. The smallest absolute Gasteiger partial charge is 0.248 e. The molecule has 0 aliphatic carbocycles. The van der Waals surface area contributed by atoms with E-state index in [4.69, 9.17) is 11.6 Å². The van der Waals surface area contributed by atoms with Crippen LogP contribution in [0.1, 0.15) is 0 Å². The summed E-state index contributed by atoms with van der Waals surface area (Å²) < 4.78 is 0. The molecule has 0 bridgehead atoms. The molecule has 0 aliphatic heterocycles. The normalized spacial score (nSPS) is 10.7. The van der Waals surface area contributed by atoms with E-state index in [9.17, 15) is 4.79 Å². The number of fused-ring (bicyclic) bond motifs is 1. The van der Waals surface area contributed by atoms with Crippen molar-refractivity contribution in [2.75, 3.05) is 0 Å². The van der Waals surface area contributed by atoms with E-state index in [-0.39, 0.29) is 5.56 Å². The third-order valence-electron chi connectivity index (χ3n) is 2.92. The summed E-state index contributed by atoms with van der Waals surface area (Å²) >= 11 is 6.41. The first-order valence-electron chi connectivity index (χ1n) is 5.63. The Morgan fingerprint density at radius 1 is 0.889 bits per heavy atom. The molecule has 0 unspecified atom stereocenters. The number of benzene rings is 2. The predicted molar refractivity (Wildman–Crippen MR) is 75.0 cm³/mol. The monoisotopic (exact) mass is 255 g/mol. The van der Waals surface area contributed by atoms with Gasteiger partial charge in [-0.15, -0.1) is 0 Å². The van der Waals surface area contributed by atoms with Crippen LogP contribution in [0.2, 0.25) is 5.02 Å². The van der Waals surface area contributed by atoms with Gasteiger partial charge in [0.2, 0.25) is 5.56 Å². The topological polar surface area (TPSA) is 32.9 Å². The Labute approximate surface area is 109 Å². The SMILES string of the molecule is O=c1ccc2c(Cl)c(-c3ccccc3)ccc2[nH]1. The second kappa shape index (κ2) is 4.31. The molecule has 3 heteroatoms. The molecule has 1 N–H and O–H groups in total. The first kappa shape index (κ1) is 11.1. The Morgan fingerprint density at radius 2 is 1.67 bits per heavy atom. The largest absolute Gasteiger partial charge is 0.322 e. The standard InChI is InChI=1S/C15H10ClNO/c16-15-11(10-4-2-1-3-5-10)6-8-13-12(15)7-9-14(18)17-13/h1-9H,(H,17,18). The molecule has 1 aromatic heterocycles. The summed E-state index contributed by atoms with van der Waals surface area (Å²) in [6.45, 7) is 0. The van der Waals surface area contributed by atoms with Crippen molar-refractivity contribution in [3.05, 3.63) is 70.0 Å². The molecule has 0 spiro atoms. The van der Waals surface area contributed by atoms with Gasteiger partial charge in [-0.3, -0.25) is 4.79 Å². The molecule has 88 valence electrons. The molecular formula is C15H10ClNO. The van der Waals surface area contributed by atoms with E-state index in [0.717, 1.165) is 22.0 Å². The van der Waals surface area contributed by atoms with Crippen LogP contribution in [0.15, 0.2) is 59.4 Å². The molecule has 2 nitrogen and oxygen atoms in total. The van der Waals surface area contributed by atoms with Crippen molar-refractivity contribution in [1.29, 1.82) is 0 Å². The van der Waals surface area contributed by atoms with E-state index in [1.165, 1.54) is 6.07 Å². The van der Waals surface area contributed by atoms with Crippen LogP contribution >= 0.6 is 11.6 Å². The second-order valence-corrected chi connectivity index (χ2v) is 4.45. The Kier molecular flexibility index (Phi) is 2.65. The van der Waals surface area contributed by atoms with Gasteiger partial charge in [0.1, 0.15) is 0 Å². The lowest BCUT2D eigenvalue weighted by Gasteiger charge is -2.07. The van der Waals surface area contributed by atoms with Crippen LogP contribution in [-0.2, 0) is 0 Å². The molecule has 0 saturated carbocycles. The van der Waals surface area contributed by atoms with Gasteiger partial charge < -0.3 is 4.98 Å². The molecule has 0 fully saturated rings. The Balaban J connectivity index is 2.30. The number of halogens is 1. The fourth-order valence-corrected chi connectivity index (χ4v) is 2.38. The zero-order valence-corrected chi connectivity index (χ0v) is 10.2. The maximum Gasteiger partial charge on any atom is 0.248 e. The van der Waals surface area contributed by atoms with E-state index >= 15 is 0 Å². The number of nitrogens with one attached hydrogen (secondary N) is 1. The van der Waals surface area contributed by atoms with E-state index in [0.29, 0.717) is 5.02 Å². The fraction of sp³-hybridized carbons (Fsp3) is 0. The van der Waals surface area contributed by atoms with Crippen LogP contribution in [0.5, 0.6) is 0 Å². The number of hydrogen-bond donors (Lipinski definition) is 1. The highest BCUT2D eigenvalue weighted by Gasteiger charge is 2.07. The van der Waals surface area contributed by atoms with Crippen LogP contribution < -0.4 is 5.56 Å². The first-order valence-corrected chi connectivity index (χ1v) is 6.00. The van der Waals surface area contributed by atoms with Crippen molar-refractivity contribution in [2.24, 2.45) is 0 Å².